The third-order valence-corrected chi connectivity index (χ3v) is 11.3. The molecule has 10 aromatic rings. The Kier molecular flexibility index (Phi) is 7.91. The Hall–Kier alpha value is -8.37. The fourth-order valence-corrected chi connectivity index (χ4v) is 8.79. The number of hydrogen-bond acceptors (Lipinski definition) is 3. The number of fused-ring (bicyclic) bond motifs is 7. The van der Waals surface area contributed by atoms with E-state index in [-0.39, 0.29) is 0 Å². The van der Waals surface area contributed by atoms with Gasteiger partial charge in [0.1, 0.15) is 6.07 Å². The van der Waals surface area contributed by atoms with E-state index < -0.39 is 0 Å². The van der Waals surface area contributed by atoms with Gasteiger partial charge in [-0.05, 0) is 96.9 Å². The van der Waals surface area contributed by atoms with Gasteiger partial charge in [-0.25, -0.2) is 0 Å². The molecular formula is C52H32N6. The molecule has 0 saturated heterocycles. The summed E-state index contributed by atoms with van der Waals surface area (Å²) in [4.78, 5) is 0. The van der Waals surface area contributed by atoms with Gasteiger partial charge in [-0.15, -0.1) is 0 Å². The molecule has 0 unspecified atom stereocenters. The van der Waals surface area contributed by atoms with E-state index in [0.717, 1.165) is 77.3 Å². The monoisotopic (exact) mass is 740 g/mol. The van der Waals surface area contributed by atoms with E-state index >= 15 is 0 Å². The minimum atomic E-state index is 0.491. The molecule has 0 amide bonds. The fraction of sp³-hybridized carbons (Fsp3) is 0.0192. The van der Waals surface area contributed by atoms with Crippen molar-refractivity contribution in [1.29, 1.82) is 15.8 Å². The molecule has 0 aliphatic carbocycles. The smallest absolute Gasteiger partial charge is 0.101 e. The first-order valence-electron chi connectivity index (χ1n) is 19.0. The molecule has 0 radical (unpaired) electrons. The molecule has 0 aliphatic rings. The van der Waals surface area contributed by atoms with Crippen LogP contribution in [0.25, 0.3) is 88.8 Å². The van der Waals surface area contributed by atoms with Crippen LogP contribution in [0.3, 0.4) is 0 Å². The van der Waals surface area contributed by atoms with Crippen LogP contribution in [-0.2, 0) is 0 Å². The number of allylic oxidation sites excluding steroid dienone is 2. The van der Waals surface area contributed by atoms with Crippen LogP contribution in [0.15, 0.2) is 164 Å². The maximum absolute atomic E-state index is 10.6. The fourth-order valence-electron chi connectivity index (χ4n) is 8.79. The topological polar surface area (TPSA) is 86.2 Å². The minimum absolute atomic E-state index is 0.491. The Labute approximate surface area is 334 Å². The standard InChI is InChI=1S/C52H32N6/c1-3-4-17-46-33(2)40-13-5-8-18-47(40)56(46)38-22-23-44-42-14-6-9-19-48(42)57(51(44)29-38)39-26-35(31-54)25-37(28-39)41-16-11-12-36(32-55)52(41)58-49-20-10-7-15-43(49)45-27-34(30-53)21-24-50(45)58/h3-29H,1H2,2H3/b17-4-. The quantitative estimate of drug-likeness (QED) is 0.159. The zero-order valence-corrected chi connectivity index (χ0v) is 31.5. The lowest BCUT2D eigenvalue weighted by Crippen LogP contribution is -2.02. The van der Waals surface area contributed by atoms with Crippen molar-refractivity contribution in [1.82, 2.24) is 13.7 Å². The zero-order valence-electron chi connectivity index (χ0n) is 31.5. The molecule has 0 saturated carbocycles. The van der Waals surface area contributed by atoms with E-state index in [0.29, 0.717) is 22.4 Å². The minimum Gasteiger partial charge on any atom is -0.310 e. The van der Waals surface area contributed by atoms with Gasteiger partial charge in [-0.1, -0.05) is 91.5 Å². The maximum Gasteiger partial charge on any atom is 0.101 e. The van der Waals surface area contributed by atoms with Gasteiger partial charge in [0.05, 0.1) is 62.1 Å². The van der Waals surface area contributed by atoms with E-state index in [9.17, 15) is 15.8 Å². The lowest BCUT2D eigenvalue weighted by molar-refractivity contribution is 1.09. The molecule has 0 bridgehead atoms. The molecule has 3 heterocycles. The number of aromatic nitrogens is 3. The van der Waals surface area contributed by atoms with Crippen LogP contribution in [0, 0.1) is 40.9 Å². The number of benzene rings is 7. The second kappa shape index (κ2) is 13.4. The predicted octanol–water partition coefficient (Wildman–Crippen LogP) is 12.6. The summed E-state index contributed by atoms with van der Waals surface area (Å²) in [6.07, 6.45) is 5.88. The average Bonchev–Trinajstić information content (AvgIpc) is 3.89. The first-order valence-corrected chi connectivity index (χ1v) is 19.0. The summed E-state index contributed by atoms with van der Waals surface area (Å²) in [5.74, 6) is 0. The Morgan fingerprint density at radius 1 is 0.500 bits per heavy atom. The summed E-state index contributed by atoms with van der Waals surface area (Å²) in [7, 11) is 0. The second-order valence-electron chi connectivity index (χ2n) is 14.4. The molecule has 0 spiro atoms. The van der Waals surface area contributed by atoms with E-state index in [1.807, 2.05) is 84.9 Å². The van der Waals surface area contributed by atoms with E-state index in [1.54, 1.807) is 6.08 Å². The number of nitrogens with zero attached hydrogens (tertiary/aromatic N) is 6. The Balaban J connectivity index is 1.25. The van der Waals surface area contributed by atoms with Crippen molar-refractivity contribution in [2.45, 2.75) is 6.92 Å². The highest BCUT2D eigenvalue weighted by Crippen LogP contribution is 2.41. The van der Waals surface area contributed by atoms with Crippen LogP contribution in [0.4, 0.5) is 0 Å². The van der Waals surface area contributed by atoms with Crippen LogP contribution in [0.5, 0.6) is 0 Å². The van der Waals surface area contributed by atoms with Gasteiger partial charge < -0.3 is 13.7 Å². The van der Waals surface area contributed by atoms with Crippen molar-refractivity contribution in [2.75, 3.05) is 0 Å². The van der Waals surface area contributed by atoms with Crippen LogP contribution in [0.1, 0.15) is 27.9 Å². The highest BCUT2D eigenvalue weighted by atomic mass is 15.0. The van der Waals surface area contributed by atoms with Gasteiger partial charge in [-0.3, -0.25) is 0 Å². The summed E-state index contributed by atoms with van der Waals surface area (Å²) in [5.41, 5.74) is 12.9. The third-order valence-electron chi connectivity index (χ3n) is 11.3. The maximum atomic E-state index is 10.6. The van der Waals surface area contributed by atoms with Gasteiger partial charge in [0.2, 0.25) is 0 Å². The van der Waals surface area contributed by atoms with Crippen molar-refractivity contribution in [3.8, 4) is 46.4 Å². The lowest BCUT2D eigenvalue weighted by atomic mass is 9.97. The largest absolute Gasteiger partial charge is 0.310 e. The molecule has 0 aliphatic heterocycles. The summed E-state index contributed by atoms with van der Waals surface area (Å²) >= 11 is 0. The van der Waals surface area contributed by atoms with Crippen LogP contribution in [0.2, 0.25) is 0 Å². The lowest BCUT2D eigenvalue weighted by Gasteiger charge is -2.17. The first-order chi connectivity index (χ1) is 28.5. The summed E-state index contributed by atoms with van der Waals surface area (Å²) in [6, 6.07) is 56.1. The number of nitriles is 3. The van der Waals surface area contributed by atoms with Crippen molar-refractivity contribution >= 4 is 60.6 Å². The van der Waals surface area contributed by atoms with Crippen LogP contribution in [-0.4, -0.2) is 13.7 Å². The summed E-state index contributed by atoms with van der Waals surface area (Å²) in [6.45, 7) is 6.08. The second-order valence-corrected chi connectivity index (χ2v) is 14.4. The Morgan fingerprint density at radius 3 is 1.88 bits per heavy atom. The molecule has 270 valence electrons. The van der Waals surface area contributed by atoms with Crippen molar-refractivity contribution in [2.24, 2.45) is 0 Å². The molecular weight excluding hydrogens is 709 g/mol. The Bertz CT molecular complexity index is 3530. The van der Waals surface area contributed by atoms with Gasteiger partial charge in [0.15, 0.2) is 0 Å². The van der Waals surface area contributed by atoms with Crippen molar-refractivity contribution in [3.63, 3.8) is 0 Å². The van der Waals surface area contributed by atoms with Crippen LogP contribution < -0.4 is 0 Å². The van der Waals surface area contributed by atoms with Crippen molar-refractivity contribution in [3.05, 3.63) is 192 Å². The number of para-hydroxylation sites is 4. The normalized spacial score (nSPS) is 11.5. The molecule has 6 heteroatoms. The summed E-state index contributed by atoms with van der Waals surface area (Å²) < 4.78 is 6.66. The number of rotatable bonds is 6. The molecule has 0 fully saturated rings. The average molecular weight is 741 g/mol. The van der Waals surface area contributed by atoms with E-state index in [2.05, 4.69) is 118 Å². The SMILES string of the molecule is C=C/C=C\c1c(C)c2ccccc2n1-c1ccc2c3ccccc3n(-c3cc(C#N)cc(-c4cccc(C#N)c4-n4c5ccccc5c5cc(C#N)ccc54)c3)c2c1. The van der Waals surface area contributed by atoms with Gasteiger partial charge in [0, 0.05) is 49.6 Å². The van der Waals surface area contributed by atoms with Gasteiger partial charge in [0.25, 0.3) is 0 Å². The Morgan fingerprint density at radius 2 is 1.16 bits per heavy atom. The third kappa shape index (κ3) is 5.09. The molecule has 58 heavy (non-hydrogen) atoms. The van der Waals surface area contributed by atoms with Crippen LogP contribution >= 0.6 is 0 Å². The van der Waals surface area contributed by atoms with E-state index in [1.165, 1.54) is 10.9 Å². The van der Waals surface area contributed by atoms with Crippen molar-refractivity contribution < 1.29 is 0 Å². The molecule has 0 atom stereocenters. The molecule has 7 aromatic carbocycles. The molecule has 6 nitrogen and oxygen atoms in total. The zero-order chi connectivity index (χ0) is 39.5. The highest BCUT2D eigenvalue weighted by molar-refractivity contribution is 6.11. The molecule has 0 N–H and O–H groups in total. The summed E-state index contributed by atoms with van der Waals surface area (Å²) in [5, 5.41) is 36.3. The molecule has 3 aromatic heterocycles. The highest BCUT2D eigenvalue weighted by Gasteiger charge is 2.22. The molecule has 10 rings (SSSR count). The number of hydrogen-bond donors (Lipinski definition) is 0. The predicted molar refractivity (Wildman–Crippen MR) is 236 cm³/mol. The van der Waals surface area contributed by atoms with E-state index in [4.69, 9.17) is 0 Å². The first kappa shape index (κ1) is 34.1. The number of aryl methyl sites for hydroxylation is 1. The van der Waals surface area contributed by atoms with Gasteiger partial charge >= 0.3 is 0 Å². The van der Waals surface area contributed by atoms with Gasteiger partial charge in [-0.2, -0.15) is 15.8 Å².